The SMILES string of the molecule is CCCNCC(CCOc1ccc(Br)cc1)C1CCCC1. The van der Waals surface area contributed by atoms with Gasteiger partial charge in [-0.3, -0.25) is 0 Å². The van der Waals surface area contributed by atoms with Crippen molar-refractivity contribution in [2.75, 3.05) is 19.7 Å². The second-order valence-electron chi connectivity index (χ2n) is 6.10. The molecule has 0 bridgehead atoms. The van der Waals surface area contributed by atoms with Gasteiger partial charge in [-0.1, -0.05) is 48.5 Å². The van der Waals surface area contributed by atoms with Gasteiger partial charge >= 0.3 is 0 Å². The van der Waals surface area contributed by atoms with Crippen molar-refractivity contribution in [3.63, 3.8) is 0 Å². The van der Waals surface area contributed by atoms with E-state index in [0.29, 0.717) is 0 Å². The summed E-state index contributed by atoms with van der Waals surface area (Å²) < 4.78 is 7.01. The maximum Gasteiger partial charge on any atom is 0.119 e. The van der Waals surface area contributed by atoms with Crippen LogP contribution < -0.4 is 10.1 Å². The highest BCUT2D eigenvalue weighted by Crippen LogP contribution is 2.33. The van der Waals surface area contributed by atoms with Crippen LogP contribution in [0.5, 0.6) is 5.75 Å². The fourth-order valence-corrected chi connectivity index (χ4v) is 3.52. The average molecular weight is 354 g/mol. The Labute approximate surface area is 137 Å². The molecule has 0 heterocycles. The molecule has 118 valence electrons. The van der Waals surface area contributed by atoms with Gasteiger partial charge in [0.25, 0.3) is 0 Å². The molecule has 0 saturated heterocycles. The average Bonchev–Trinajstić information content (AvgIpc) is 3.02. The summed E-state index contributed by atoms with van der Waals surface area (Å²) in [6.07, 6.45) is 8.04. The molecule has 1 unspecified atom stereocenters. The molecule has 3 heteroatoms. The van der Waals surface area contributed by atoms with Gasteiger partial charge in [0.05, 0.1) is 6.61 Å². The summed E-state index contributed by atoms with van der Waals surface area (Å²) in [4.78, 5) is 0. The van der Waals surface area contributed by atoms with Crippen LogP contribution in [0.25, 0.3) is 0 Å². The Morgan fingerprint density at radius 1 is 1.24 bits per heavy atom. The second-order valence-corrected chi connectivity index (χ2v) is 7.02. The van der Waals surface area contributed by atoms with Gasteiger partial charge in [-0.15, -0.1) is 0 Å². The van der Waals surface area contributed by atoms with E-state index in [2.05, 4.69) is 28.2 Å². The Balaban J connectivity index is 1.76. The van der Waals surface area contributed by atoms with Crippen molar-refractivity contribution < 1.29 is 4.74 Å². The van der Waals surface area contributed by atoms with Crippen LogP contribution in [0.15, 0.2) is 28.7 Å². The monoisotopic (exact) mass is 353 g/mol. The predicted molar refractivity (Wildman–Crippen MR) is 92.9 cm³/mol. The molecule has 2 rings (SSSR count). The van der Waals surface area contributed by atoms with E-state index in [-0.39, 0.29) is 0 Å². The van der Waals surface area contributed by atoms with Gasteiger partial charge in [0.2, 0.25) is 0 Å². The normalized spacial score (nSPS) is 17.0. The van der Waals surface area contributed by atoms with Crippen LogP contribution in [0.1, 0.15) is 45.4 Å². The van der Waals surface area contributed by atoms with E-state index in [4.69, 9.17) is 4.74 Å². The Bertz CT molecular complexity index is 387. The molecule has 1 atom stereocenters. The minimum atomic E-state index is 0.773. The van der Waals surface area contributed by atoms with Gasteiger partial charge in [0.1, 0.15) is 5.75 Å². The van der Waals surface area contributed by atoms with E-state index in [0.717, 1.165) is 48.2 Å². The zero-order valence-corrected chi connectivity index (χ0v) is 14.7. The van der Waals surface area contributed by atoms with Gasteiger partial charge in [0, 0.05) is 4.47 Å². The van der Waals surface area contributed by atoms with Crippen molar-refractivity contribution in [3.8, 4) is 5.75 Å². The molecule has 21 heavy (non-hydrogen) atoms. The summed E-state index contributed by atoms with van der Waals surface area (Å²) in [7, 11) is 0. The Morgan fingerprint density at radius 2 is 1.95 bits per heavy atom. The summed E-state index contributed by atoms with van der Waals surface area (Å²) in [5.74, 6) is 2.65. The molecule has 1 aliphatic carbocycles. The summed E-state index contributed by atoms with van der Waals surface area (Å²) >= 11 is 3.45. The minimum absolute atomic E-state index is 0.773. The second kappa shape index (κ2) is 9.47. The lowest BCUT2D eigenvalue weighted by Crippen LogP contribution is -2.29. The third kappa shape index (κ3) is 5.99. The van der Waals surface area contributed by atoms with Crippen molar-refractivity contribution in [2.24, 2.45) is 11.8 Å². The van der Waals surface area contributed by atoms with Crippen LogP contribution in [-0.4, -0.2) is 19.7 Å². The number of hydrogen-bond donors (Lipinski definition) is 1. The standard InChI is InChI=1S/C18H28BrNO/c1-2-12-20-14-16(15-5-3-4-6-15)11-13-21-18-9-7-17(19)8-10-18/h7-10,15-16,20H,2-6,11-14H2,1H3. The van der Waals surface area contributed by atoms with Gasteiger partial charge in [-0.2, -0.15) is 0 Å². The molecule has 0 spiro atoms. The number of halogens is 1. The van der Waals surface area contributed by atoms with Gasteiger partial charge in [-0.25, -0.2) is 0 Å². The molecular formula is C18H28BrNO. The third-order valence-electron chi connectivity index (χ3n) is 4.47. The number of benzene rings is 1. The van der Waals surface area contributed by atoms with Crippen molar-refractivity contribution in [2.45, 2.75) is 45.4 Å². The summed E-state index contributed by atoms with van der Waals surface area (Å²) in [5.41, 5.74) is 0. The van der Waals surface area contributed by atoms with Crippen molar-refractivity contribution in [3.05, 3.63) is 28.7 Å². The van der Waals surface area contributed by atoms with E-state index >= 15 is 0 Å². The lowest BCUT2D eigenvalue weighted by molar-refractivity contribution is 0.230. The predicted octanol–water partition coefficient (Wildman–Crippen LogP) is 5.02. The largest absolute Gasteiger partial charge is 0.494 e. The van der Waals surface area contributed by atoms with Gasteiger partial charge < -0.3 is 10.1 Å². The van der Waals surface area contributed by atoms with Crippen LogP contribution in [0.4, 0.5) is 0 Å². The van der Waals surface area contributed by atoms with E-state index in [1.807, 2.05) is 24.3 Å². The molecule has 1 aliphatic rings. The fourth-order valence-electron chi connectivity index (χ4n) is 3.26. The molecule has 0 aliphatic heterocycles. The number of ether oxygens (including phenoxy) is 1. The van der Waals surface area contributed by atoms with E-state index in [1.54, 1.807) is 0 Å². The smallest absolute Gasteiger partial charge is 0.119 e. The zero-order valence-electron chi connectivity index (χ0n) is 13.1. The van der Waals surface area contributed by atoms with Gasteiger partial charge in [0.15, 0.2) is 0 Å². The van der Waals surface area contributed by atoms with Crippen LogP contribution >= 0.6 is 15.9 Å². The molecule has 0 amide bonds. The highest BCUT2D eigenvalue weighted by molar-refractivity contribution is 9.10. The first kappa shape index (κ1) is 16.8. The summed E-state index contributed by atoms with van der Waals surface area (Å²) in [6, 6.07) is 8.13. The third-order valence-corrected chi connectivity index (χ3v) is 5.00. The number of hydrogen-bond acceptors (Lipinski definition) is 2. The molecule has 1 aromatic carbocycles. The molecule has 1 fully saturated rings. The first-order chi connectivity index (χ1) is 10.3. The first-order valence-electron chi connectivity index (χ1n) is 8.38. The Kier molecular flexibility index (Phi) is 7.59. The maximum atomic E-state index is 5.91. The highest BCUT2D eigenvalue weighted by Gasteiger charge is 2.24. The first-order valence-corrected chi connectivity index (χ1v) is 9.18. The topological polar surface area (TPSA) is 21.3 Å². The molecule has 2 nitrogen and oxygen atoms in total. The summed E-state index contributed by atoms with van der Waals surface area (Å²) in [5, 5.41) is 3.61. The van der Waals surface area contributed by atoms with Gasteiger partial charge in [-0.05, 0) is 62.0 Å². The molecule has 0 aromatic heterocycles. The van der Waals surface area contributed by atoms with Crippen molar-refractivity contribution in [1.29, 1.82) is 0 Å². The number of rotatable bonds is 9. The van der Waals surface area contributed by atoms with Crippen LogP contribution in [0.3, 0.4) is 0 Å². The molecule has 0 radical (unpaired) electrons. The lowest BCUT2D eigenvalue weighted by atomic mass is 9.88. The van der Waals surface area contributed by atoms with Crippen molar-refractivity contribution in [1.82, 2.24) is 5.32 Å². The minimum Gasteiger partial charge on any atom is -0.494 e. The Morgan fingerprint density at radius 3 is 2.62 bits per heavy atom. The van der Waals surface area contributed by atoms with E-state index < -0.39 is 0 Å². The highest BCUT2D eigenvalue weighted by atomic mass is 79.9. The molecule has 1 N–H and O–H groups in total. The van der Waals surface area contributed by atoms with Crippen LogP contribution in [0, 0.1) is 11.8 Å². The molecule has 1 aromatic rings. The quantitative estimate of drug-likeness (QED) is 0.629. The Hall–Kier alpha value is -0.540. The van der Waals surface area contributed by atoms with E-state index in [9.17, 15) is 0 Å². The van der Waals surface area contributed by atoms with Crippen LogP contribution in [-0.2, 0) is 0 Å². The van der Waals surface area contributed by atoms with Crippen molar-refractivity contribution >= 4 is 15.9 Å². The molecular weight excluding hydrogens is 326 g/mol. The lowest BCUT2D eigenvalue weighted by Gasteiger charge is -2.24. The summed E-state index contributed by atoms with van der Waals surface area (Å²) in [6.45, 7) is 5.35. The zero-order chi connectivity index (χ0) is 14.9. The molecule has 1 saturated carbocycles. The number of nitrogens with one attached hydrogen (secondary N) is 1. The van der Waals surface area contributed by atoms with Crippen LogP contribution in [0.2, 0.25) is 0 Å². The maximum absolute atomic E-state index is 5.91. The van der Waals surface area contributed by atoms with E-state index in [1.165, 1.54) is 32.1 Å². The fraction of sp³-hybridized carbons (Fsp3) is 0.667.